The van der Waals surface area contributed by atoms with E-state index in [4.69, 9.17) is 21.4 Å². The summed E-state index contributed by atoms with van der Waals surface area (Å²) >= 11 is 8.81. The van der Waals surface area contributed by atoms with Gasteiger partial charge < -0.3 is 14.1 Å². The second-order valence-electron chi connectivity index (χ2n) is 7.15. The lowest BCUT2D eigenvalue weighted by Crippen LogP contribution is -2.47. The summed E-state index contributed by atoms with van der Waals surface area (Å²) < 4.78 is 13.7. The number of piperidine rings is 1. The van der Waals surface area contributed by atoms with E-state index < -0.39 is 0 Å². The third-order valence-corrected chi connectivity index (χ3v) is 6.06. The summed E-state index contributed by atoms with van der Waals surface area (Å²) in [6.45, 7) is 5.00. The van der Waals surface area contributed by atoms with Gasteiger partial charge in [0, 0.05) is 42.1 Å². The highest BCUT2D eigenvalue weighted by Crippen LogP contribution is 2.23. The Morgan fingerprint density at radius 2 is 1.96 bits per heavy atom. The molecule has 28 heavy (non-hydrogen) atoms. The van der Waals surface area contributed by atoms with Gasteiger partial charge in [0.2, 0.25) is 11.8 Å². The molecule has 1 aromatic carbocycles. The topological polar surface area (TPSA) is 63.7 Å². The first kappa shape index (κ1) is 19.8. The van der Waals surface area contributed by atoms with E-state index >= 15 is 0 Å². The highest BCUT2D eigenvalue weighted by atomic mass is 79.9. The first-order chi connectivity index (χ1) is 13.6. The molecule has 0 radical (unpaired) electrons. The Hall–Kier alpha value is -1.55. The van der Waals surface area contributed by atoms with Crippen LogP contribution in [0.2, 0.25) is 0 Å². The standard InChI is InChI=1S/C19H23BrN4O3S/c20-16-3-1-2-15(12-16)17-21-24(19(28)27-17)13-22-6-4-14(5-7-22)18(25)23-8-10-26-11-9-23/h1-3,12,14H,4-11,13H2. The van der Waals surface area contributed by atoms with Gasteiger partial charge in [-0.05, 0) is 43.3 Å². The van der Waals surface area contributed by atoms with E-state index in [-0.39, 0.29) is 11.8 Å². The predicted molar refractivity (Wildman–Crippen MR) is 110 cm³/mol. The first-order valence-electron chi connectivity index (χ1n) is 9.53. The van der Waals surface area contributed by atoms with Crippen molar-refractivity contribution in [3.8, 4) is 11.5 Å². The Bertz CT molecular complexity index is 885. The molecule has 4 rings (SSSR count). The monoisotopic (exact) mass is 466 g/mol. The van der Waals surface area contributed by atoms with Gasteiger partial charge in [-0.3, -0.25) is 9.69 Å². The van der Waals surface area contributed by atoms with Crippen LogP contribution in [0.15, 0.2) is 33.2 Å². The van der Waals surface area contributed by atoms with Crippen molar-refractivity contribution in [2.45, 2.75) is 19.5 Å². The van der Waals surface area contributed by atoms with Crippen molar-refractivity contribution < 1.29 is 13.9 Å². The van der Waals surface area contributed by atoms with Gasteiger partial charge in [-0.25, -0.2) is 4.68 Å². The van der Waals surface area contributed by atoms with Crippen LogP contribution in [0.3, 0.4) is 0 Å². The average Bonchev–Trinajstić information content (AvgIpc) is 3.09. The highest BCUT2D eigenvalue weighted by molar-refractivity contribution is 9.10. The zero-order chi connectivity index (χ0) is 19.5. The lowest BCUT2D eigenvalue weighted by atomic mass is 9.95. The third-order valence-electron chi connectivity index (χ3n) is 5.27. The molecule has 0 atom stereocenters. The Morgan fingerprint density at radius 3 is 2.68 bits per heavy atom. The third kappa shape index (κ3) is 4.53. The highest BCUT2D eigenvalue weighted by Gasteiger charge is 2.29. The number of morpholine rings is 1. The van der Waals surface area contributed by atoms with Gasteiger partial charge in [0.15, 0.2) is 0 Å². The molecule has 0 saturated carbocycles. The number of rotatable bonds is 4. The molecular formula is C19H23BrN4O3S. The molecule has 150 valence electrons. The minimum absolute atomic E-state index is 0.108. The fourth-order valence-corrected chi connectivity index (χ4v) is 4.26. The number of benzene rings is 1. The molecule has 2 saturated heterocycles. The molecule has 9 heteroatoms. The molecule has 2 aromatic rings. The van der Waals surface area contributed by atoms with E-state index in [0.717, 1.165) is 36.0 Å². The maximum atomic E-state index is 12.7. The SMILES string of the molecule is O=C(C1CCN(Cn2nc(-c3cccc(Br)c3)oc2=S)CC1)N1CCOCC1. The molecule has 2 fully saturated rings. The van der Waals surface area contributed by atoms with E-state index in [1.54, 1.807) is 4.68 Å². The number of carbonyl (C=O) groups excluding carboxylic acids is 1. The maximum absolute atomic E-state index is 12.7. The largest absolute Gasteiger partial charge is 0.409 e. The van der Waals surface area contributed by atoms with Crippen LogP contribution < -0.4 is 0 Å². The predicted octanol–water partition coefficient (Wildman–Crippen LogP) is 3.16. The van der Waals surface area contributed by atoms with Crippen LogP contribution in [0.25, 0.3) is 11.5 Å². The van der Waals surface area contributed by atoms with Crippen molar-refractivity contribution in [3.63, 3.8) is 0 Å². The molecule has 7 nitrogen and oxygen atoms in total. The van der Waals surface area contributed by atoms with E-state index in [0.29, 0.717) is 43.7 Å². The summed E-state index contributed by atoms with van der Waals surface area (Å²) in [5, 5.41) is 4.54. The Morgan fingerprint density at radius 1 is 1.21 bits per heavy atom. The van der Waals surface area contributed by atoms with Crippen molar-refractivity contribution in [2.24, 2.45) is 5.92 Å². The van der Waals surface area contributed by atoms with Gasteiger partial charge in [0.25, 0.3) is 4.84 Å². The van der Waals surface area contributed by atoms with Crippen LogP contribution >= 0.6 is 28.1 Å². The lowest BCUT2D eigenvalue weighted by molar-refractivity contribution is -0.141. The van der Waals surface area contributed by atoms with Crippen LogP contribution in [-0.4, -0.2) is 64.9 Å². The van der Waals surface area contributed by atoms with Gasteiger partial charge in [-0.15, -0.1) is 5.10 Å². The molecule has 0 spiro atoms. The van der Waals surface area contributed by atoms with Gasteiger partial charge in [0.05, 0.1) is 19.9 Å². The maximum Gasteiger partial charge on any atom is 0.288 e. The normalized spacial score (nSPS) is 19.1. The molecule has 3 heterocycles. The second-order valence-corrected chi connectivity index (χ2v) is 8.42. The average molecular weight is 467 g/mol. The van der Waals surface area contributed by atoms with E-state index in [9.17, 15) is 4.79 Å². The van der Waals surface area contributed by atoms with E-state index in [1.165, 1.54) is 0 Å². The number of carbonyl (C=O) groups is 1. The molecule has 1 amide bonds. The molecule has 0 N–H and O–H groups in total. The van der Waals surface area contributed by atoms with Crippen LogP contribution in [-0.2, 0) is 16.2 Å². The summed E-state index contributed by atoms with van der Waals surface area (Å²) in [7, 11) is 0. The van der Waals surface area contributed by atoms with Crippen molar-refractivity contribution in [3.05, 3.63) is 33.6 Å². The summed E-state index contributed by atoms with van der Waals surface area (Å²) in [6.07, 6.45) is 1.72. The fourth-order valence-electron chi connectivity index (χ4n) is 3.69. The summed E-state index contributed by atoms with van der Waals surface area (Å²) in [6, 6.07) is 7.79. The fraction of sp³-hybridized carbons (Fsp3) is 0.526. The Balaban J connectivity index is 1.35. The molecular weight excluding hydrogens is 444 g/mol. The molecule has 2 aliphatic heterocycles. The van der Waals surface area contributed by atoms with Gasteiger partial charge in [-0.2, -0.15) is 0 Å². The Kier molecular flexibility index (Phi) is 6.25. The molecule has 0 aliphatic carbocycles. The minimum Gasteiger partial charge on any atom is -0.409 e. The van der Waals surface area contributed by atoms with Crippen LogP contribution in [0, 0.1) is 10.8 Å². The van der Waals surface area contributed by atoms with Crippen molar-refractivity contribution in [1.29, 1.82) is 0 Å². The molecule has 1 aromatic heterocycles. The summed E-state index contributed by atoms with van der Waals surface area (Å²) in [5.74, 6) is 0.901. The molecule has 2 aliphatic rings. The van der Waals surface area contributed by atoms with E-state index in [2.05, 4.69) is 25.9 Å². The second kappa shape index (κ2) is 8.86. The van der Waals surface area contributed by atoms with Crippen LogP contribution in [0.4, 0.5) is 0 Å². The number of nitrogens with zero attached hydrogens (tertiary/aromatic N) is 4. The van der Waals surface area contributed by atoms with Crippen molar-refractivity contribution in [2.75, 3.05) is 39.4 Å². The number of hydrogen-bond acceptors (Lipinski definition) is 6. The molecule has 0 bridgehead atoms. The number of ether oxygens (including phenoxy) is 1. The Labute approximate surface area is 177 Å². The number of hydrogen-bond donors (Lipinski definition) is 0. The summed E-state index contributed by atoms with van der Waals surface area (Å²) in [5.41, 5.74) is 0.883. The zero-order valence-corrected chi connectivity index (χ0v) is 18.0. The smallest absolute Gasteiger partial charge is 0.288 e. The number of amides is 1. The number of likely N-dealkylation sites (tertiary alicyclic amines) is 1. The number of halogens is 1. The van der Waals surface area contributed by atoms with Crippen molar-refractivity contribution in [1.82, 2.24) is 19.6 Å². The van der Waals surface area contributed by atoms with E-state index in [1.807, 2.05) is 29.2 Å². The first-order valence-corrected chi connectivity index (χ1v) is 10.7. The summed E-state index contributed by atoms with van der Waals surface area (Å²) in [4.78, 5) is 17.2. The zero-order valence-electron chi connectivity index (χ0n) is 15.6. The van der Waals surface area contributed by atoms with Gasteiger partial charge >= 0.3 is 0 Å². The minimum atomic E-state index is 0.108. The van der Waals surface area contributed by atoms with Gasteiger partial charge in [0.1, 0.15) is 0 Å². The molecule has 0 unspecified atom stereocenters. The van der Waals surface area contributed by atoms with Gasteiger partial charge in [-0.1, -0.05) is 22.0 Å². The van der Waals surface area contributed by atoms with Crippen molar-refractivity contribution >= 4 is 34.1 Å². The lowest BCUT2D eigenvalue weighted by Gasteiger charge is -2.35. The van der Waals surface area contributed by atoms with Crippen LogP contribution in [0.5, 0.6) is 0 Å². The quantitative estimate of drug-likeness (QED) is 0.644. The van der Waals surface area contributed by atoms with Crippen LogP contribution in [0.1, 0.15) is 12.8 Å². The number of aromatic nitrogens is 2.